The van der Waals surface area contributed by atoms with E-state index in [1.165, 1.54) is 6.07 Å². The third-order valence-corrected chi connectivity index (χ3v) is 5.83. The van der Waals surface area contributed by atoms with Crippen molar-refractivity contribution in [3.05, 3.63) is 119 Å². The summed E-state index contributed by atoms with van der Waals surface area (Å²) in [6.45, 7) is 0. The molecule has 7 heteroatoms. The third-order valence-electron chi connectivity index (χ3n) is 5.83. The number of anilines is 1. The van der Waals surface area contributed by atoms with Gasteiger partial charge in [-0.15, -0.1) is 0 Å². The van der Waals surface area contributed by atoms with Gasteiger partial charge in [-0.1, -0.05) is 42.5 Å². The summed E-state index contributed by atoms with van der Waals surface area (Å²) in [6.07, 6.45) is 0. The van der Waals surface area contributed by atoms with E-state index >= 15 is 0 Å². The number of benzene rings is 4. The van der Waals surface area contributed by atoms with Crippen LogP contribution in [0.3, 0.4) is 0 Å². The number of para-hydroxylation sites is 1. The average Bonchev–Trinajstić information content (AvgIpc) is 3.32. The number of halogens is 1. The Morgan fingerprint density at radius 3 is 2.50 bits per heavy atom. The minimum Gasteiger partial charge on any atom is -0.436 e. The molecule has 0 aliphatic carbocycles. The first-order chi connectivity index (χ1) is 17.5. The first-order valence-corrected chi connectivity index (χ1v) is 11.2. The van der Waals surface area contributed by atoms with Gasteiger partial charge in [0.15, 0.2) is 5.58 Å². The molecule has 0 spiro atoms. The van der Waals surface area contributed by atoms with Crippen LogP contribution in [0.2, 0.25) is 0 Å². The molecule has 1 N–H and O–H groups in total. The fourth-order valence-corrected chi connectivity index (χ4v) is 4.05. The van der Waals surface area contributed by atoms with Gasteiger partial charge in [0.25, 0.3) is 5.91 Å². The zero-order valence-corrected chi connectivity index (χ0v) is 18.7. The molecule has 0 saturated carbocycles. The van der Waals surface area contributed by atoms with Gasteiger partial charge in [-0.3, -0.25) is 4.79 Å². The largest absolute Gasteiger partial charge is 0.436 e. The van der Waals surface area contributed by atoms with Crippen molar-refractivity contribution in [1.29, 1.82) is 0 Å². The van der Waals surface area contributed by atoms with E-state index in [1.807, 2.05) is 12.1 Å². The molecule has 0 unspecified atom stereocenters. The Labute approximate surface area is 203 Å². The lowest BCUT2D eigenvalue weighted by Crippen LogP contribution is -2.12. The van der Waals surface area contributed by atoms with Crippen LogP contribution in [0.4, 0.5) is 10.1 Å². The molecule has 4 aromatic carbocycles. The number of aromatic nitrogens is 1. The van der Waals surface area contributed by atoms with Crippen LogP contribution < -0.4 is 10.9 Å². The summed E-state index contributed by atoms with van der Waals surface area (Å²) in [5.41, 5.74) is 3.04. The van der Waals surface area contributed by atoms with Crippen LogP contribution in [0.15, 0.2) is 111 Å². The van der Waals surface area contributed by atoms with E-state index in [0.717, 1.165) is 5.39 Å². The lowest BCUT2D eigenvalue weighted by Gasteiger charge is -2.07. The van der Waals surface area contributed by atoms with Gasteiger partial charge in [-0.2, -0.15) is 0 Å². The highest BCUT2D eigenvalue weighted by Gasteiger charge is 2.15. The van der Waals surface area contributed by atoms with E-state index < -0.39 is 11.4 Å². The number of carbonyl (C=O) groups excluding carboxylic acids is 1. The number of rotatable bonds is 4. The topological polar surface area (TPSA) is 85.3 Å². The fraction of sp³-hybridized carbons (Fsp3) is 0. The first-order valence-electron chi connectivity index (χ1n) is 11.2. The summed E-state index contributed by atoms with van der Waals surface area (Å²) < 4.78 is 25.2. The summed E-state index contributed by atoms with van der Waals surface area (Å²) in [5, 5.41) is 3.63. The molecule has 0 saturated heterocycles. The molecule has 1 amide bonds. The number of fused-ring (bicyclic) bond motifs is 2. The molecule has 0 fully saturated rings. The van der Waals surface area contributed by atoms with Gasteiger partial charge in [0.05, 0.1) is 11.1 Å². The third kappa shape index (κ3) is 3.92. The van der Waals surface area contributed by atoms with Crippen LogP contribution in [-0.4, -0.2) is 10.9 Å². The van der Waals surface area contributed by atoms with Gasteiger partial charge in [-0.25, -0.2) is 14.2 Å². The molecule has 2 heterocycles. The van der Waals surface area contributed by atoms with Crippen LogP contribution >= 0.6 is 0 Å². The maximum Gasteiger partial charge on any atom is 0.344 e. The Bertz CT molecular complexity index is 1840. The fourth-order valence-electron chi connectivity index (χ4n) is 4.05. The van der Waals surface area contributed by atoms with E-state index in [2.05, 4.69) is 10.3 Å². The highest BCUT2D eigenvalue weighted by atomic mass is 19.1. The quantitative estimate of drug-likeness (QED) is 0.288. The maximum absolute atomic E-state index is 14.1. The molecule has 6 aromatic rings. The van der Waals surface area contributed by atoms with Crippen LogP contribution in [0, 0.1) is 5.82 Å². The number of carbonyl (C=O) groups is 1. The Kier molecular flexibility index (Phi) is 5.15. The summed E-state index contributed by atoms with van der Waals surface area (Å²) >= 11 is 0. The Morgan fingerprint density at radius 2 is 1.61 bits per heavy atom. The standard InChI is InChI=1S/C29H17FN2O4/c30-23-10-3-2-9-21(23)28-32-24-16-20(12-13-26(24)35-28)31-27(33)19-8-5-7-17(14-19)22-15-18-6-1-4-11-25(18)36-29(22)34/h1-16H,(H,31,33). The maximum atomic E-state index is 14.1. The SMILES string of the molecule is O=C(Nc1ccc2oc(-c3ccccc3F)nc2c1)c1cccc(-c2cc3ccccc3oc2=O)c1. The molecule has 0 atom stereocenters. The summed E-state index contributed by atoms with van der Waals surface area (Å²) in [6, 6.07) is 27.0. The molecule has 174 valence electrons. The van der Waals surface area contributed by atoms with Gasteiger partial charge >= 0.3 is 5.63 Å². The van der Waals surface area contributed by atoms with E-state index in [9.17, 15) is 14.0 Å². The molecular weight excluding hydrogens is 459 g/mol. The highest BCUT2D eigenvalue weighted by molar-refractivity contribution is 6.05. The Hall–Kier alpha value is -5.04. The van der Waals surface area contributed by atoms with Crippen LogP contribution in [0.1, 0.15) is 10.4 Å². The van der Waals surface area contributed by atoms with E-state index in [1.54, 1.807) is 78.9 Å². The normalized spacial score (nSPS) is 11.1. The first kappa shape index (κ1) is 21.5. The molecule has 0 radical (unpaired) electrons. The van der Waals surface area contributed by atoms with Crippen molar-refractivity contribution < 1.29 is 18.0 Å². The van der Waals surface area contributed by atoms with Crippen molar-refractivity contribution in [1.82, 2.24) is 4.98 Å². The van der Waals surface area contributed by atoms with Crippen LogP contribution in [0.25, 0.3) is 44.7 Å². The number of nitrogens with zero attached hydrogens (tertiary/aromatic N) is 1. The molecule has 0 aliphatic rings. The van der Waals surface area contributed by atoms with Gasteiger partial charge in [0, 0.05) is 16.6 Å². The molecule has 36 heavy (non-hydrogen) atoms. The van der Waals surface area contributed by atoms with Crippen molar-refractivity contribution in [2.45, 2.75) is 0 Å². The molecule has 2 aromatic heterocycles. The minimum absolute atomic E-state index is 0.161. The average molecular weight is 476 g/mol. The molecule has 0 aliphatic heterocycles. The van der Waals surface area contributed by atoms with Crippen molar-refractivity contribution in [2.24, 2.45) is 0 Å². The van der Waals surface area contributed by atoms with Crippen molar-refractivity contribution in [3.8, 4) is 22.6 Å². The second-order valence-corrected chi connectivity index (χ2v) is 8.20. The van der Waals surface area contributed by atoms with E-state index in [0.29, 0.717) is 39.1 Å². The predicted octanol–water partition coefficient (Wildman–Crippen LogP) is 6.66. The van der Waals surface area contributed by atoms with Gasteiger partial charge < -0.3 is 14.2 Å². The minimum atomic E-state index is -0.478. The number of amides is 1. The zero-order chi connectivity index (χ0) is 24.6. The zero-order valence-electron chi connectivity index (χ0n) is 18.7. The van der Waals surface area contributed by atoms with Gasteiger partial charge in [-0.05, 0) is 60.2 Å². The second-order valence-electron chi connectivity index (χ2n) is 8.20. The van der Waals surface area contributed by atoms with Crippen molar-refractivity contribution in [2.75, 3.05) is 5.32 Å². The Morgan fingerprint density at radius 1 is 0.778 bits per heavy atom. The summed E-state index contributed by atoms with van der Waals surface area (Å²) in [4.78, 5) is 29.9. The molecule has 6 nitrogen and oxygen atoms in total. The lowest BCUT2D eigenvalue weighted by molar-refractivity contribution is 0.102. The monoisotopic (exact) mass is 476 g/mol. The highest BCUT2D eigenvalue weighted by Crippen LogP contribution is 2.28. The van der Waals surface area contributed by atoms with Gasteiger partial charge in [0.1, 0.15) is 16.9 Å². The number of hydrogen-bond donors (Lipinski definition) is 1. The van der Waals surface area contributed by atoms with E-state index in [-0.39, 0.29) is 17.4 Å². The summed E-state index contributed by atoms with van der Waals surface area (Å²) in [7, 11) is 0. The van der Waals surface area contributed by atoms with Gasteiger partial charge in [0.2, 0.25) is 5.89 Å². The smallest absolute Gasteiger partial charge is 0.344 e. The predicted molar refractivity (Wildman–Crippen MR) is 135 cm³/mol. The molecule has 0 bridgehead atoms. The molecular formula is C29H17FN2O4. The van der Waals surface area contributed by atoms with Crippen molar-refractivity contribution >= 4 is 33.7 Å². The van der Waals surface area contributed by atoms with Crippen molar-refractivity contribution in [3.63, 3.8) is 0 Å². The van der Waals surface area contributed by atoms with E-state index in [4.69, 9.17) is 8.83 Å². The Balaban J connectivity index is 1.28. The lowest BCUT2D eigenvalue weighted by atomic mass is 10.0. The number of hydrogen-bond acceptors (Lipinski definition) is 5. The van der Waals surface area contributed by atoms with Crippen LogP contribution in [-0.2, 0) is 0 Å². The van der Waals surface area contributed by atoms with Crippen LogP contribution in [0.5, 0.6) is 0 Å². The number of oxazole rings is 1. The summed E-state index contributed by atoms with van der Waals surface area (Å²) in [5.74, 6) is -0.634. The number of nitrogens with one attached hydrogen (secondary N) is 1. The molecule has 6 rings (SSSR count). The second kappa shape index (κ2) is 8.63.